The molecule has 7 nitrogen and oxygen atoms in total. The molecule has 0 aromatic rings. The first-order valence-corrected chi connectivity index (χ1v) is 7.96. The van der Waals surface area contributed by atoms with Crippen LogP contribution in [0, 0.1) is 0 Å². The number of rotatable bonds is 5. The number of methoxy groups -OCH3 is 1. The third kappa shape index (κ3) is 4.60. The van der Waals surface area contributed by atoms with Crippen LogP contribution in [0.1, 0.15) is 12.8 Å². The summed E-state index contributed by atoms with van der Waals surface area (Å²) in [7, 11) is 1.33. The van der Waals surface area contributed by atoms with Gasteiger partial charge in [-0.25, -0.2) is 0 Å². The SMILES string of the molecule is COC(=O)CC1CN(C(=O)CCN2CCSC2=O)CCO1. The lowest BCUT2D eigenvalue weighted by Gasteiger charge is -2.33. The third-order valence-electron chi connectivity index (χ3n) is 3.55. The predicted octanol–water partition coefficient (Wildman–Crippen LogP) is 0.336. The topological polar surface area (TPSA) is 76.2 Å². The number of hydrogen-bond acceptors (Lipinski definition) is 6. The van der Waals surface area contributed by atoms with Crippen molar-refractivity contribution in [2.24, 2.45) is 0 Å². The lowest BCUT2D eigenvalue weighted by Crippen LogP contribution is -2.47. The van der Waals surface area contributed by atoms with Crippen LogP contribution in [-0.4, -0.2) is 78.7 Å². The average molecular weight is 316 g/mol. The van der Waals surface area contributed by atoms with Crippen molar-refractivity contribution in [3.05, 3.63) is 0 Å². The van der Waals surface area contributed by atoms with Crippen molar-refractivity contribution < 1.29 is 23.9 Å². The van der Waals surface area contributed by atoms with Crippen LogP contribution in [0.25, 0.3) is 0 Å². The Morgan fingerprint density at radius 2 is 2.24 bits per heavy atom. The minimum atomic E-state index is -0.339. The van der Waals surface area contributed by atoms with Gasteiger partial charge in [-0.15, -0.1) is 0 Å². The molecule has 0 spiro atoms. The summed E-state index contributed by atoms with van der Waals surface area (Å²) in [6.07, 6.45) is 0.165. The molecule has 2 saturated heterocycles. The maximum Gasteiger partial charge on any atom is 0.308 e. The van der Waals surface area contributed by atoms with E-state index >= 15 is 0 Å². The zero-order valence-electron chi connectivity index (χ0n) is 12.1. The van der Waals surface area contributed by atoms with Gasteiger partial charge in [0.2, 0.25) is 5.91 Å². The number of carbonyl (C=O) groups is 3. The Morgan fingerprint density at radius 1 is 1.43 bits per heavy atom. The van der Waals surface area contributed by atoms with Gasteiger partial charge >= 0.3 is 5.97 Å². The molecule has 118 valence electrons. The minimum Gasteiger partial charge on any atom is -0.469 e. The number of carbonyl (C=O) groups excluding carboxylic acids is 3. The van der Waals surface area contributed by atoms with Crippen LogP contribution in [0.5, 0.6) is 0 Å². The molecular weight excluding hydrogens is 296 g/mol. The van der Waals surface area contributed by atoms with Crippen molar-refractivity contribution in [1.29, 1.82) is 0 Å². The van der Waals surface area contributed by atoms with Crippen LogP contribution in [0.3, 0.4) is 0 Å². The molecule has 0 N–H and O–H groups in total. The maximum atomic E-state index is 12.2. The highest BCUT2D eigenvalue weighted by Crippen LogP contribution is 2.18. The first kappa shape index (κ1) is 16.1. The summed E-state index contributed by atoms with van der Waals surface area (Å²) in [4.78, 5) is 38.3. The molecule has 2 aliphatic rings. The Labute approximate surface area is 127 Å². The van der Waals surface area contributed by atoms with E-state index in [0.29, 0.717) is 39.2 Å². The summed E-state index contributed by atoms with van der Waals surface area (Å²) in [5.74, 6) is 0.457. The maximum absolute atomic E-state index is 12.2. The monoisotopic (exact) mass is 316 g/mol. The zero-order valence-corrected chi connectivity index (χ0v) is 12.9. The van der Waals surface area contributed by atoms with Crippen LogP contribution in [0.15, 0.2) is 0 Å². The number of nitrogens with zero attached hydrogens (tertiary/aromatic N) is 2. The van der Waals surface area contributed by atoms with E-state index in [-0.39, 0.29) is 29.6 Å². The van der Waals surface area contributed by atoms with Crippen molar-refractivity contribution in [3.63, 3.8) is 0 Å². The van der Waals surface area contributed by atoms with E-state index in [2.05, 4.69) is 4.74 Å². The van der Waals surface area contributed by atoms with E-state index in [1.54, 1.807) is 9.80 Å². The molecule has 0 saturated carbocycles. The van der Waals surface area contributed by atoms with Crippen molar-refractivity contribution >= 4 is 28.9 Å². The van der Waals surface area contributed by atoms with E-state index < -0.39 is 0 Å². The lowest BCUT2D eigenvalue weighted by atomic mass is 10.2. The molecule has 1 unspecified atom stereocenters. The predicted molar refractivity (Wildman–Crippen MR) is 77.0 cm³/mol. The molecule has 21 heavy (non-hydrogen) atoms. The van der Waals surface area contributed by atoms with Crippen LogP contribution in [0.2, 0.25) is 0 Å². The van der Waals surface area contributed by atoms with Gasteiger partial charge in [0.05, 0.1) is 26.2 Å². The first-order valence-electron chi connectivity index (χ1n) is 6.98. The molecule has 0 radical (unpaired) electrons. The summed E-state index contributed by atoms with van der Waals surface area (Å²) >= 11 is 1.29. The van der Waals surface area contributed by atoms with Gasteiger partial charge in [-0.05, 0) is 0 Å². The molecule has 2 aliphatic heterocycles. The molecule has 2 heterocycles. The van der Waals surface area contributed by atoms with Gasteiger partial charge in [0.1, 0.15) is 0 Å². The highest BCUT2D eigenvalue weighted by molar-refractivity contribution is 8.13. The molecule has 0 aliphatic carbocycles. The van der Waals surface area contributed by atoms with Gasteiger partial charge < -0.3 is 19.3 Å². The third-order valence-corrected chi connectivity index (χ3v) is 4.45. The van der Waals surface area contributed by atoms with E-state index in [9.17, 15) is 14.4 Å². The fourth-order valence-corrected chi connectivity index (χ4v) is 3.21. The molecule has 0 bridgehead atoms. The van der Waals surface area contributed by atoms with Crippen LogP contribution < -0.4 is 0 Å². The fraction of sp³-hybridized carbons (Fsp3) is 0.769. The number of hydrogen-bond donors (Lipinski definition) is 0. The van der Waals surface area contributed by atoms with Crippen molar-refractivity contribution in [2.75, 3.05) is 45.6 Å². The number of thioether (sulfide) groups is 1. The number of amides is 2. The summed E-state index contributed by atoms with van der Waals surface area (Å²) in [5.41, 5.74) is 0. The number of morpholine rings is 1. The Bertz CT molecular complexity index is 417. The average Bonchev–Trinajstić information content (AvgIpc) is 2.90. The highest BCUT2D eigenvalue weighted by Gasteiger charge is 2.27. The number of ether oxygens (including phenoxy) is 2. The molecule has 2 rings (SSSR count). The van der Waals surface area contributed by atoms with Crippen molar-refractivity contribution in [1.82, 2.24) is 9.80 Å². The molecular formula is C13H20N2O5S. The quantitative estimate of drug-likeness (QED) is 0.681. The molecule has 0 aromatic carbocycles. The van der Waals surface area contributed by atoms with Crippen LogP contribution in [0.4, 0.5) is 4.79 Å². The van der Waals surface area contributed by atoms with Gasteiger partial charge in [-0.1, -0.05) is 11.8 Å². The van der Waals surface area contributed by atoms with E-state index in [4.69, 9.17) is 4.74 Å². The highest BCUT2D eigenvalue weighted by atomic mass is 32.2. The van der Waals surface area contributed by atoms with Gasteiger partial charge in [0.15, 0.2) is 0 Å². The second-order valence-electron chi connectivity index (χ2n) is 4.96. The van der Waals surface area contributed by atoms with E-state index in [1.807, 2.05) is 0 Å². The molecule has 1 atom stereocenters. The van der Waals surface area contributed by atoms with Crippen molar-refractivity contribution in [3.8, 4) is 0 Å². The summed E-state index contributed by atoms with van der Waals surface area (Å²) in [5, 5.41) is 0.0494. The Kier molecular flexibility index (Phi) is 5.86. The largest absolute Gasteiger partial charge is 0.469 e. The van der Waals surface area contributed by atoms with E-state index in [0.717, 1.165) is 5.75 Å². The second kappa shape index (κ2) is 7.65. The molecule has 2 fully saturated rings. The fourth-order valence-electron chi connectivity index (χ4n) is 2.36. The van der Waals surface area contributed by atoms with Gasteiger partial charge in [0, 0.05) is 38.4 Å². The lowest BCUT2D eigenvalue weighted by molar-refractivity contribution is -0.150. The molecule has 0 aromatic heterocycles. The van der Waals surface area contributed by atoms with Crippen LogP contribution >= 0.6 is 11.8 Å². The van der Waals surface area contributed by atoms with E-state index in [1.165, 1.54) is 18.9 Å². The van der Waals surface area contributed by atoms with Gasteiger partial charge in [-0.2, -0.15) is 0 Å². The zero-order chi connectivity index (χ0) is 15.2. The first-order chi connectivity index (χ1) is 10.1. The second-order valence-corrected chi connectivity index (χ2v) is 6.01. The summed E-state index contributed by atoms with van der Waals surface area (Å²) in [6, 6.07) is 0. The smallest absolute Gasteiger partial charge is 0.308 e. The summed E-state index contributed by atoms with van der Waals surface area (Å²) < 4.78 is 10.1. The van der Waals surface area contributed by atoms with Crippen molar-refractivity contribution in [2.45, 2.75) is 18.9 Å². The normalized spacial score (nSPS) is 22.5. The molecule has 2 amide bonds. The molecule has 8 heteroatoms. The Balaban J connectivity index is 1.76. The standard InChI is InChI=1S/C13H20N2O5S/c1-19-12(17)8-10-9-15(4-6-20-10)11(16)2-3-14-5-7-21-13(14)18/h10H,2-9H2,1H3. The summed E-state index contributed by atoms with van der Waals surface area (Å²) in [6.45, 7) is 2.52. The Morgan fingerprint density at radius 3 is 2.90 bits per heavy atom. The number of esters is 1. The van der Waals surface area contributed by atoms with Gasteiger partial charge in [0.25, 0.3) is 5.24 Å². The van der Waals surface area contributed by atoms with Gasteiger partial charge in [-0.3, -0.25) is 14.4 Å². The Hall–Kier alpha value is -1.28. The minimum absolute atomic E-state index is 0.00198. The van der Waals surface area contributed by atoms with Crippen LogP contribution in [-0.2, 0) is 19.1 Å².